The molecule has 0 unspecified atom stereocenters. The van der Waals surface area contributed by atoms with Gasteiger partial charge in [-0.05, 0) is 38.1 Å². The number of imidazole rings is 1. The van der Waals surface area contributed by atoms with Gasteiger partial charge in [0.1, 0.15) is 5.82 Å². The molecule has 102 valence electrons. The maximum atomic E-state index is 9.00. The summed E-state index contributed by atoms with van der Waals surface area (Å²) in [6.07, 6.45) is 3.29. The third kappa shape index (κ3) is 2.36. The van der Waals surface area contributed by atoms with E-state index in [0.717, 1.165) is 29.0 Å². The predicted octanol–water partition coefficient (Wildman–Crippen LogP) is 2.09. The van der Waals surface area contributed by atoms with Crippen molar-refractivity contribution in [3.63, 3.8) is 0 Å². The molecule has 1 heterocycles. The molecule has 1 aromatic heterocycles. The minimum absolute atomic E-state index is 0.613. The van der Waals surface area contributed by atoms with Crippen LogP contribution >= 0.6 is 0 Å². The molecular formula is C15H17N5. The Kier molecular flexibility index (Phi) is 3.76. The third-order valence-corrected chi connectivity index (χ3v) is 3.01. The van der Waals surface area contributed by atoms with E-state index in [2.05, 4.69) is 11.1 Å². The lowest BCUT2D eigenvalue weighted by molar-refractivity contribution is 0.774. The van der Waals surface area contributed by atoms with Gasteiger partial charge in [-0.1, -0.05) is 0 Å². The molecule has 0 aliphatic carbocycles. The molecule has 0 saturated carbocycles. The lowest BCUT2D eigenvalue weighted by atomic mass is 10.2. The SMILES string of the molecule is CCn1c(C(/C=C(/C)N)=C/N)nc2ccc(C#N)cc21. The Balaban J connectivity index is 2.71. The summed E-state index contributed by atoms with van der Waals surface area (Å²) in [5, 5.41) is 9.00. The molecular weight excluding hydrogens is 250 g/mol. The zero-order valence-corrected chi connectivity index (χ0v) is 11.6. The lowest BCUT2D eigenvalue weighted by Gasteiger charge is -2.07. The molecule has 4 N–H and O–H groups in total. The maximum absolute atomic E-state index is 9.00. The summed E-state index contributed by atoms with van der Waals surface area (Å²) in [7, 11) is 0. The number of benzene rings is 1. The topological polar surface area (TPSA) is 93.7 Å². The quantitative estimate of drug-likeness (QED) is 0.832. The smallest absolute Gasteiger partial charge is 0.142 e. The molecule has 0 radical (unpaired) electrons. The van der Waals surface area contributed by atoms with Gasteiger partial charge in [0.15, 0.2) is 0 Å². The van der Waals surface area contributed by atoms with Crippen LogP contribution in [0.2, 0.25) is 0 Å². The number of aromatic nitrogens is 2. The van der Waals surface area contributed by atoms with Gasteiger partial charge in [-0.25, -0.2) is 4.98 Å². The van der Waals surface area contributed by atoms with Crippen LogP contribution in [-0.4, -0.2) is 9.55 Å². The fourth-order valence-electron chi connectivity index (χ4n) is 2.17. The first-order chi connectivity index (χ1) is 9.60. The van der Waals surface area contributed by atoms with E-state index in [4.69, 9.17) is 16.7 Å². The molecule has 2 rings (SSSR count). The van der Waals surface area contributed by atoms with E-state index in [0.29, 0.717) is 11.3 Å². The molecule has 0 amide bonds. The number of hydrogen-bond donors (Lipinski definition) is 2. The van der Waals surface area contributed by atoms with Gasteiger partial charge >= 0.3 is 0 Å². The van der Waals surface area contributed by atoms with E-state index < -0.39 is 0 Å². The van der Waals surface area contributed by atoms with Crippen LogP contribution in [0.5, 0.6) is 0 Å². The zero-order valence-electron chi connectivity index (χ0n) is 11.6. The molecule has 2 aromatic rings. The number of allylic oxidation sites excluding steroid dienone is 3. The standard InChI is InChI=1S/C15H17N5/c1-3-20-14-7-11(8-16)4-5-13(14)19-15(20)12(9-17)6-10(2)18/h4-7,9H,3,17-18H2,1-2H3/b10-6-,12-9+. The Morgan fingerprint density at radius 3 is 2.80 bits per heavy atom. The fraction of sp³-hybridized carbons (Fsp3) is 0.200. The number of nitrogens with zero attached hydrogens (tertiary/aromatic N) is 3. The number of hydrogen-bond acceptors (Lipinski definition) is 4. The van der Waals surface area contributed by atoms with Crippen LogP contribution in [0.4, 0.5) is 0 Å². The average Bonchev–Trinajstić information content (AvgIpc) is 2.81. The first-order valence-electron chi connectivity index (χ1n) is 6.37. The summed E-state index contributed by atoms with van der Waals surface area (Å²) >= 11 is 0. The minimum Gasteiger partial charge on any atom is -0.404 e. The van der Waals surface area contributed by atoms with E-state index in [-0.39, 0.29) is 0 Å². The summed E-state index contributed by atoms with van der Waals surface area (Å²) in [6.45, 7) is 4.56. The van der Waals surface area contributed by atoms with Gasteiger partial charge < -0.3 is 16.0 Å². The average molecular weight is 267 g/mol. The zero-order chi connectivity index (χ0) is 14.7. The normalized spacial score (nSPS) is 12.7. The molecule has 0 aliphatic rings. The molecule has 1 aromatic carbocycles. The first kappa shape index (κ1) is 13.7. The second-order valence-electron chi connectivity index (χ2n) is 4.51. The minimum atomic E-state index is 0.613. The predicted molar refractivity (Wildman–Crippen MR) is 80.2 cm³/mol. The summed E-state index contributed by atoms with van der Waals surface area (Å²) in [6, 6.07) is 7.58. The molecule has 5 nitrogen and oxygen atoms in total. The highest BCUT2D eigenvalue weighted by atomic mass is 15.1. The Hall–Kier alpha value is -2.74. The van der Waals surface area contributed by atoms with Gasteiger partial charge in [0.2, 0.25) is 0 Å². The van der Waals surface area contributed by atoms with Crippen molar-refractivity contribution in [2.24, 2.45) is 11.5 Å². The van der Waals surface area contributed by atoms with Gasteiger partial charge in [0.05, 0.1) is 22.7 Å². The number of fused-ring (bicyclic) bond motifs is 1. The number of rotatable bonds is 3. The highest BCUT2D eigenvalue weighted by Gasteiger charge is 2.12. The molecule has 0 atom stereocenters. The van der Waals surface area contributed by atoms with E-state index in [1.54, 1.807) is 19.1 Å². The number of aryl methyl sites for hydroxylation is 1. The van der Waals surface area contributed by atoms with Gasteiger partial charge in [-0.15, -0.1) is 0 Å². The molecule has 0 spiro atoms. The van der Waals surface area contributed by atoms with Crippen LogP contribution in [0.1, 0.15) is 25.2 Å². The van der Waals surface area contributed by atoms with E-state index in [1.807, 2.05) is 23.6 Å². The van der Waals surface area contributed by atoms with Crippen LogP contribution in [0, 0.1) is 11.3 Å². The van der Waals surface area contributed by atoms with Crippen molar-refractivity contribution >= 4 is 16.6 Å². The fourth-order valence-corrected chi connectivity index (χ4v) is 2.17. The monoisotopic (exact) mass is 267 g/mol. The molecule has 0 aliphatic heterocycles. The van der Waals surface area contributed by atoms with Crippen molar-refractivity contribution in [1.29, 1.82) is 5.26 Å². The summed E-state index contributed by atoms with van der Waals surface area (Å²) in [5.41, 5.74) is 15.2. The van der Waals surface area contributed by atoms with Crippen LogP contribution in [0.25, 0.3) is 16.6 Å². The van der Waals surface area contributed by atoms with E-state index >= 15 is 0 Å². The lowest BCUT2D eigenvalue weighted by Crippen LogP contribution is -2.03. The summed E-state index contributed by atoms with van der Waals surface area (Å²) < 4.78 is 2.02. The van der Waals surface area contributed by atoms with Crippen LogP contribution in [0.3, 0.4) is 0 Å². The van der Waals surface area contributed by atoms with Gasteiger partial charge in [-0.2, -0.15) is 5.26 Å². The Morgan fingerprint density at radius 1 is 1.50 bits per heavy atom. The van der Waals surface area contributed by atoms with E-state index in [9.17, 15) is 0 Å². The van der Waals surface area contributed by atoms with Crippen LogP contribution < -0.4 is 11.5 Å². The molecule has 0 saturated heterocycles. The number of nitrogens with two attached hydrogens (primary N) is 2. The van der Waals surface area contributed by atoms with Crippen molar-refractivity contribution in [2.75, 3.05) is 0 Å². The Labute approximate surface area is 117 Å². The van der Waals surface area contributed by atoms with Crippen molar-refractivity contribution in [3.05, 3.63) is 47.6 Å². The highest BCUT2D eigenvalue weighted by molar-refractivity contribution is 5.83. The Morgan fingerprint density at radius 2 is 2.25 bits per heavy atom. The van der Waals surface area contributed by atoms with Gasteiger partial charge in [0, 0.05) is 24.0 Å². The maximum Gasteiger partial charge on any atom is 0.142 e. The number of nitriles is 1. The van der Waals surface area contributed by atoms with Crippen LogP contribution in [-0.2, 0) is 6.54 Å². The first-order valence-corrected chi connectivity index (χ1v) is 6.37. The van der Waals surface area contributed by atoms with E-state index in [1.165, 1.54) is 6.20 Å². The van der Waals surface area contributed by atoms with Gasteiger partial charge in [0.25, 0.3) is 0 Å². The summed E-state index contributed by atoms with van der Waals surface area (Å²) in [4.78, 5) is 4.59. The molecule has 20 heavy (non-hydrogen) atoms. The summed E-state index contributed by atoms with van der Waals surface area (Å²) in [5.74, 6) is 0.755. The Bertz CT molecular complexity index is 739. The molecule has 0 fully saturated rings. The third-order valence-electron chi connectivity index (χ3n) is 3.01. The largest absolute Gasteiger partial charge is 0.404 e. The molecule has 5 heteroatoms. The van der Waals surface area contributed by atoms with Crippen molar-refractivity contribution < 1.29 is 0 Å². The van der Waals surface area contributed by atoms with Crippen molar-refractivity contribution in [3.8, 4) is 6.07 Å². The van der Waals surface area contributed by atoms with Crippen molar-refractivity contribution in [2.45, 2.75) is 20.4 Å². The molecule has 0 bridgehead atoms. The second-order valence-corrected chi connectivity index (χ2v) is 4.51. The second kappa shape index (κ2) is 5.49. The van der Waals surface area contributed by atoms with Crippen molar-refractivity contribution in [1.82, 2.24) is 9.55 Å². The van der Waals surface area contributed by atoms with Crippen LogP contribution in [0.15, 0.2) is 36.2 Å². The highest BCUT2D eigenvalue weighted by Crippen LogP contribution is 2.23. The van der Waals surface area contributed by atoms with Gasteiger partial charge in [-0.3, -0.25) is 0 Å².